The first-order valence-corrected chi connectivity index (χ1v) is 14.7. The van der Waals surface area contributed by atoms with Crippen molar-refractivity contribution < 1.29 is 24.2 Å². The predicted molar refractivity (Wildman–Crippen MR) is 164 cm³/mol. The minimum atomic E-state index is -1.28. The summed E-state index contributed by atoms with van der Waals surface area (Å²) >= 11 is 0. The van der Waals surface area contributed by atoms with Crippen LogP contribution in [0.3, 0.4) is 0 Å². The number of benzene rings is 2. The van der Waals surface area contributed by atoms with E-state index in [1.807, 2.05) is 57.2 Å². The number of aromatic nitrogens is 4. The molecule has 1 saturated heterocycles. The van der Waals surface area contributed by atoms with Crippen LogP contribution in [0.2, 0.25) is 0 Å². The molecule has 44 heavy (non-hydrogen) atoms. The number of ether oxygens (including phenoxy) is 1. The highest BCUT2D eigenvalue weighted by molar-refractivity contribution is 6.36. The van der Waals surface area contributed by atoms with Gasteiger partial charge in [0.15, 0.2) is 5.78 Å². The Kier molecular flexibility index (Phi) is 7.19. The molecule has 1 aliphatic heterocycles. The number of amides is 1. The van der Waals surface area contributed by atoms with E-state index in [0.29, 0.717) is 41.4 Å². The average Bonchev–Trinajstić information content (AvgIpc) is 3.79. The molecule has 1 amide bonds. The van der Waals surface area contributed by atoms with Crippen molar-refractivity contribution in [3.05, 3.63) is 71.6 Å². The summed E-state index contributed by atoms with van der Waals surface area (Å²) in [5.41, 5.74) is 4.79. The standard InChI is InChI=1S/C33H34N6O5/c1-5-19(27(34)31(41)42)29-35-15-24(37-29)17-8-10-20-21-11-9-18(14-23(21)28(40)22(20)13-17)25-16-36-30(38-25)26-7-6-12-39(26)32(43)44-33(2,3)4/h8-11,13-16,19,26,34H,5-7,12H2,1-4H3,(H,35,37)(H,36,38)(H,41,42). The van der Waals surface area contributed by atoms with Gasteiger partial charge in [0.25, 0.3) is 0 Å². The highest BCUT2D eigenvalue weighted by Gasteiger charge is 2.35. The van der Waals surface area contributed by atoms with Crippen LogP contribution in [0.25, 0.3) is 33.6 Å². The molecule has 1 aliphatic carbocycles. The zero-order valence-corrected chi connectivity index (χ0v) is 25.0. The van der Waals surface area contributed by atoms with Gasteiger partial charge in [-0.05, 0) is 63.3 Å². The van der Waals surface area contributed by atoms with Gasteiger partial charge in [0, 0.05) is 28.8 Å². The third kappa shape index (κ3) is 5.18. The van der Waals surface area contributed by atoms with Crippen molar-refractivity contribution in [3.8, 4) is 33.6 Å². The van der Waals surface area contributed by atoms with Gasteiger partial charge in [0.05, 0.1) is 35.7 Å². The number of imidazole rings is 2. The lowest BCUT2D eigenvalue weighted by atomic mass is 9.99. The monoisotopic (exact) mass is 594 g/mol. The number of carboxylic acids is 1. The van der Waals surface area contributed by atoms with Crippen molar-refractivity contribution in [1.82, 2.24) is 24.8 Å². The molecule has 2 aliphatic rings. The van der Waals surface area contributed by atoms with Gasteiger partial charge >= 0.3 is 12.1 Å². The first-order valence-electron chi connectivity index (χ1n) is 14.7. The zero-order chi connectivity index (χ0) is 31.3. The smallest absolute Gasteiger partial charge is 0.410 e. The van der Waals surface area contributed by atoms with Gasteiger partial charge in [0.2, 0.25) is 0 Å². The van der Waals surface area contributed by atoms with Crippen LogP contribution in [-0.4, -0.2) is 65.6 Å². The number of aromatic amines is 2. The normalized spacial score (nSPS) is 16.5. The highest BCUT2D eigenvalue weighted by Crippen LogP contribution is 2.41. The zero-order valence-electron chi connectivity index (χ0n) is 25.0. The molecule has 2 aromatic heterocycles. The number of carboxylic acid groups (broad SMARTS) is 1. The second-order valence-corrected chi connectivity index (χ2v) is 12.2. The lowest BCUT2D eigenvalue weighted by molar-refractivity contribution is -0.129. The number of hydrogen-bond acceptors (Lipinski definition) is 7. The molecule has 1 fully saturated rings. The van der Waals surface area contributed by atoms with Gasteiger partial charge in [-0.1, -0.05) is 31.2 Å². The number of ketones is 1. The Morgan fingerprint density at radius 2 is 1.64 bits per heavy atom. The van der Waals surface area contributed by atoms with Crippen LogP contribution in [0.4, 0.5) is 4.79 Å². The summed E-state index contributed by atoms with van der Waals surface area (Å²) in [6, 6.07) is 11.2. The number of likely N-dealkylation sites (tertiary alicyclic amines) is 1. The SMILES string of the molecule is CCC(C(=N)C(=O)O)c1ncc(-c2ccc3c(c2)C(=O)c2cc(-c4cnc(C5CCCN5C(=O)OC(C)(C)C)[nH]4)ccc2-3)[nH]1. The van der Waals surface area contributed by atoms with Crippen LogP contribution in [0.5, 0.6) is 0 Å². The second-order valence-electron chi connectivity index (χ2n) is 12.2. The molecule has 0 bridgehead atoms. The molecular formula is C33H34N6O5. The lowest BCUT2D eigenvalue weighted by Gasteiger charge is -2.27. The molecule has 6 rings (SSSR count). The molecule has 4 N–H and O–H groups in total. The molecule has 2 atom stereocenters. The number of fused-ring (bicyclic) bond motifs is 3. The van der Waals surface area contributed by atoms with E-state index in [-0.39, 0.29) is 17.9 Å². The van der Waals surface area contributed by atoms with Gasteiger partial charge < -0.3 is 19.8 Å². The van der Waals surface area contributed by atoms with Gasteiger partial charge in [-0.2, -0.15) is 0 Å². The van der Waals surface area contributed by atoms with Crippen molar-refractivity contribution in [1.29, 1.82) is 5.41 Å². The van der Waals surface area contributed by atoms with E-state index in [4.69, 9.17) is 10.1 Å². The van der Waals surface area contributed by atoms with E-state index in [9.17, 15) is 19.5 Å². The first kappa shape index (κ1) is 29.0. The van der Waals surface area contributed by atoms with E-state index in [2.05, 4.69) is 19.9 Å². The van der Waals surface area contributed by atoms with E-state index < -0.39 is 23.2 Å². The molecular weight excluding hydrogens is 560 g/mol. The van der Waals surface area contributed by atoms with Crippen molar-refractivity contribution >= 4 is 23.6 Å². The Morgan fingerprint density at radius 3 is 2.23 bits per heavy atom. The fraction of sp³-hybridized carbons (Fsp3) is 0.333. The molecule has 0 spiro atoms. The van der Waals surface area contributed by atoms with E-state index in [0.717, 1.165) is 40.8 Å². The summed E-state index contributed by atoms with van der Waals surface area (Å²) in [6.07, 6.45) is 5.04. The summed E-state index contributed by atoms with van der Waals surface area (Å²) in [5.74, 6) is -0.935. The maximum atomic E-state index is 13.6. The van der Waals surface area contributed by atoms with Crippen LogP contribution in [0, 0.1) is 5.41 Å². The molecule has 11 nitrogen and oxygen atoms in total. The summed E-state index contributed by atoms with van der Waals surface area (Å²) in [7, 11) is 0. The van der Waals surface area contributed by atoms with Gasteiger partial charge in [0.1, 0.15) is 23.0 Å². The second kappa shape index (κ2) is 10.9. The van der Waals surface area contributed by atoms with Gasteiger partial charge in [-0.3, -0.25) is 15.1 Å². The minimum absolute atomic E-state index is 0.0934. The Labute approximate surface area is 254 Å². The van der Waals surface area contributed by atoms with E-state index in [1.165, 1.54) is 0 Å². The maximum Gasteiger partial charge on any atom is 0.410 e. The third-order valence-corrected chi connectivity index (χ3v) is 8.15. The summed E-state index contributed by atoms with van der Waals surface area (Å²) in [5, 5.41) is 17.2. The number of hydrogen-bond donors (Lipinski definition) is 4. The maximum absolute atomic E-state index is 13.6. The van der Waals surface area contributed by atoms with Gasteiger partial charge in [-0.15, -0.1) is 0 Å². The van der Waals surface area contributed by atoms with Crippen LogP contribution in [-0.2, 0) is 9.53 Å². The molecule has 0 saturated carbocycles. The summed E-state index contributed by atoms with van der Waals surface area (Å²) in [4.78, 5) is 54.9. The molecule has 2 unspecified atom stereocenters. The lowest BCUT2D eigenvalue weighted by Crippen LogP contribution is -2.36. The van der Waals surface area contributed by atoms with Crippen molar-refractivity contribution in [2.45, 2.75) is 64.5 Å². The first-order chi connectivity index (χ1) is 20.9. The van der Waals surface area contributed by atoms with Crippen LogP contribution in [0.1, 0.15) is 86.5 Å². The molecule has 4 aromatic rings. The van der Waals surface area contributed by atoms with Crippen molar-refractivity contribution in [3.63, 3.8) is 0 Å². The average molecular weight is 595 g/mol. The molecule has 2 aromatic carbocycles. The van der Waals surface area contributed by atoms with Crippen LogP contribution >= 0.6 is 0 Å². The Hall–Kier alpha value is -5.06. The van der Waals surface area contributed by atoms with E-state index >= 15 is 0 Å². The van der Waals surface area contributed by atoms with Crippen molar-refractivity contribution in [2.24, 2.45) is 0 Å². The number of carbonyl (C=O) groups excluding carboxylic acids is 2. The third-order valence-electron chi connectivity index (χ3n) is 8.15. The van der Waals surface area contributed by atoms with Gasteiger partial charge in [-0.25, -0.2) is 19.6 Å². The number of nitrogens with zero attached hydrogens (tertiary/aromatic N) is 3. The fourth-order valence-corrected chi connectivity index (χ4v) is 6.00. The largest absolute Gasteiger partial charge is 0.477 e. The molecule has 0 radical (unpaired) electrons. The summed E-state index contributed by atoms with van der Waals surface area (Å²) < 4.78 is 5.60. The number of rotatable bonds is 7. The Morgan fingerprint density at radius 1 is 1.02 bits per heavy atom. The summed E-state index contributed by atoms with van der Waals surface area (Å²) in [6.45, 7) is 7.96. The van der Waals surface area contributed by atoms with Crippen LogP contribution < -0.4 is 0 Å². The molecule has 226 valence electrons. The van der Waals surface area contributed by atoms with Crippen LogP contribution in [0.15, 0.2) is 48.8 Å². The number of aliphatic carboxylic acids is 1. The topological polar surface area (TPSA) is 165 Å². The predicted octanol–water partition coefficient (Wildman–Crippen LogP) is 6.35. The highest BCUT2D eigenvalue weighted by atomic mass is 16.6. The number of nitrogens with one attached hydrogen (secondary N) is 3. The number of H-pyrrole nitrogens is 2. The fourth-order valence-electron chi connectivity index (χ4n) is 6.00. The van der Waals surface area contributed by atoms with E-state index in [1.54, 1.807) is 24.2 Å². The molecule has 3 heterocycles. The Balaban J connectivity index is 1.23. The minimum Gasteiger partial charge on any atom is -0.477 e. The number of carbonyl (C=O) groups is 3. The molecule has 11 heteroatoms. The Bertz CT molecular complexity index is 1810. The quantitative estimate of drug-likeness (QED) is 0.159. The van der Waals surface area contributed by atoms with Crippen molar-refractivity contribution in [2.75, 3.05) is 6.54 Å².